The summed E-state index contributed by atoms with van der Waals surface area (Å²) in [6.07, 6.45) is 13.6. The van der Waals surface area contributed by atoms with E-state index in [2.05, 4.69) is 69.1 Å². The normalized spacial score (nSPS) is 42.7. The molecule has 0 N–H and O–H groups in total. The van der Waals surface area contributed by atoms with Gasteiger partial charge < -0.3 is 4.90 Å². The van der Waals surface area contributed by atoms with Gasteiger partial charge in [-0.3, -0.25) is 4.79 Å². The highest BCUT2D eigenvalue weighted by molar-refractivity contribution is 5.77. The van der Waals surface area contributed by atoms with Gasteiger partial charge in [-0.05, 0) is 91.4 Å². The minimum Gasteiger partial charge on any atom is -0.342 e. The van der Waals surface area contributed by atoms with Gasteiger partial charge >= 0.3 is 0 Å². The number of nitrogens with zero attached hydrogens (tertiary/aromatic N) is 1. The lowest BCUT2D eigenvalue weighted by atomic mass is 9.46. The monoisotopic (exact) mass is 419 g/mol. The van der Waals surface area contributed by atoms with Gasteiger partial charge in [0.2, 0.25) is 5.91 Å². The number of hydrogen-bond donors (Lipinski definition) is 0. The van der Waals surface area contributed by atoms with Crippen molar-refractivity contribution in [3.05, 3.63) is 41.5 Å². The SMILES string of the molecule is CC/C(=C\c1ccccc1)[C@H]1CC[C@H]2[C@@H]3CC[C@H]4N(C)C(=O)CC[C@]4(C)[C@H]3CC[C@]12C. The van der Waals surface area contributed by atoms with Crippen molar-refractivity contribution in [3.63, 3.8) is 0 Å². The fraction of sp³-hybridized carbons (Fsp3) is 0.690. The van der Waals surface area contributed by atoms with Crippen molar-refractivity contribution < 1.29 is 4.79 Å². The first-order valence-corrected chi connectivity index (χ1v) is 12.9. The maximum Gasteiger partial charge on any atom is 0.222 e. The van der Waals surface area contributed by atoms with E-state index in [9.17, 15) is 4.79 Å². The van der Waals surface area contributed by atoms with Crippen LogP contribution in [0.3, 0.4) is 0 Å². The second kappa shape index (κ2) is 7.78. The number of carbonyl (C=O) groups is 1. The van der Waals surface area contributed by atoms with Crippen molar-refractivity contribution in [2.24, 2.45) is 34.5 Å². The molecule has 0 aromatic heterocycles. The molecule has 3 saturated carbocycles. The van der Waals surface area contributed by atoms with Crippen molar-refractivity contribution in [2.75, 3.05) is 7.05 Å². The van der Waals surface area contributed by atoms with Crippen LogP contribution in [-0.4, -0.2) is 23.9 Å². The van der Waals surface area contributed by atoms with E-state index in [0.29, 0.717) is 22.8 Å². The number of hydrogen-bond acceptors (Lipinski definition) is 1. The standard InChI is InChI=1S/C29H41NO/c1-5-21(19-20-9-7-6-8-10-20)23-12-13-24-22-11-14-26-29(3,18-16-27(31)30(26)4)25(22)15-17-28(23,24)2/h6-10,19,22-26H,5,11-18H2,1-4H3/b21-19+/t22-,23+,24-,25-,26+,28+,29+/m0/s1. The molecule has 7 atom stereocenters. The van der Waals surface area contributed by atoms with Crippen molar-refractivity contribution in [2.45, 2.75) is 84.6 Å². The maximum atomic E-state index is 12.4. The quantitative estimate of drug-likeness (QED) is 0.518. The Morgan fingerprint density at radius 1 is 1.00 bits per heavy atom. The zero-order valence-electron chi connectivity index (χ0n) is 20.1. The Morgan fingerprint density at radius 3 is 2.48 bits per heavy atom. The fourth-order valence-corrected chi connectivity index (χ4v) is 8.97. The zero-order valence-corrected chi connectivity index (χ0v) is 20.1. The highest BCUT2D eigenvalue weighted by atomic mass is 16.2. The molecule has 1 saturated heterocycles. The van der Waals surface area contributed by atoms with Crippen LogP contribution in [0.2, 0.25) is 0 Å². The molecule has 0 spiro atoms. The number of fused-ring (bicyclic) bond motifs is 5. The summed E-state index contributed by atoms with van der Waals surface area (Å²) in [6, 6.07) is 11.4. The summed E-state index contributed by atoms with van der Waals surface area (Å²) in [7, 11) is 2.07. The zero-order chi connectivity index (χ0) is 21.8. The average Bonchev–Trinajstić information content (AvgIpc) is 3.13. The van der Waals surface area contributed by atoms with Crippen LogP contribution in [0.1, 0.15) is 84.1 Å². The number of rotatable bonds is 3. The third kappa shape index (κ3) is 3.23. The first kappa shape index (κ1) is 21.3. The number of amides is 1. The Labute approximate surface area is 189 Å². The van der Waals surface area contributed by atoms with E-state index in [-0.39, 0.29) is 0 Å². The van der Waals surface area contributed by atoms with Gasteiger partial charge in [-0.2, -0.15) is 0 Å². The van der Waals surface area contributed by atoms with E-state index in [0.717, 1.165) is 36.5 Å². The second-order valence-corrected chi connectivity index (χ2v) is 11.6. The lowest BCUT2D eigenvalue weighted by Crippen LogP contribution is -2.61. The predicted octanol–water partition coefficient (Wildman–Crippen LogP) is 6.96. The van der Waals surface area contributed by atoms with E-state index in [1.165, 1.54) is 50.5 Å². The van der Waals surface area contributed by atoms with E-state index >= 15 is 0 Å². The largest absolute Gasteiger partial charge is 0.342 e. The van der Waals surface area contributed by atoms with Gasteiger partial charge in [-0.15, -0.1) is 0 Å². The Bertz CT molecular complexity index is 859. The molecule has 4 aliphatic rings. The van der Waals surface area contributed by atoms with Gasteiger partial charge in [0.15, 0.2) is 0 Å². The van der Waals surface area contributed by atoms with Crippen LogP contribution in [0, 0.1) is 34.5 Å². The summed E-state index contributed by atoms with van der Waals surface area (Å²) in [6.45, 7) is 7.54. The van der Waals surface area contributed by atoms with Crippen molar-refractivity contribution in [1.29, 1.82) is 0 Å². The van der Waals surface area contributed by atoms with Gasteiger partial charge in [-0.25, -0.2) is 0 Å². The smallest absolute Gasteiger partial charge is 0.222 e. The second-order valence-electron chi connectivity index (χ2n) is 11.6. The molecule has 0 unspecified atom stereocenters. The Hall–Kier alpha value is -1.57. The van der Waals surface area contributed by atoms with Crippen LogP contribution in [0.4, 0.5) is 0 Å². The minimum atomic E-state index is 0.332. The molecular formula is C29H41NO. The number of likely N-dealkylation sites (tertiary alicyclic amines) is 1. The lowest BCUT2D eigenvalue weighted by molar-refractivity contribution is -0.157. The van der Waals surface area contributed by atoms with Crippen LogP contribution in [0.25, 0.3) is 6.08 Å². The molecular weight excluding hydrogens is 378 g/mol. The van der Waals surface area contributed by atoms with Crippen molar-refractivity contribution >= 4 is 12.0 Å². The average molecular weight is 420 g/mol. The molecule has 1 aromatic rings. The lowest BCUT2D eigenvalue weighted by Gasteiger charge is -2.62. The summed E-state index contributed by atoms with van der Waals surface area (Å²) in [5, 5.41) is 0. The molecule has 5 rings (SSSR count). The van der Waals surface area contributed by atoms with E-state index in [1.54, 1.807) is 5.57 Å². The van der Waals surface area contributed by atoms with E-state index < -0.39 is 0 Å². The highest BCUT2D eigenvalue weighted by Crippen LogP contribution is 2.67. The summed E-state index contributed by atoms with van der Waals surface area (Å²) in [4.78, 5) is 14.5. The third-order valence-electron chi connectivity index (χ3n) is 10.6. The highest BCUT2D eigenvalue weighted by Gasteiger charge is 2.61. The Balaban J connectivity index is 1.42. The topological polar surface area (TPSA) is 20.3 Å². The molecule has 3 aliphatic carbocycles. The summed E-state index contributed by atoms with van der Waals surface area (Å²) in [5.74, 6) is 3.65. The molecule has 1 aromatic carbocycles. The van der Waals surface area contributed by atoms with Crippen LogP contribution < -0.4 is 0 Å². The molecule has 1 heterocycles. The fourth-order valence-electron chi connectivity index (χ4n) is 8.97. The molecule has 168 valence electrons. The van der Waals surface area contributed by atoms with Gasteiger partial charge in [-0.1, -0.05) is 62.8 Å². The number of benzene rings is 1. The molecule has 1 aliphatic heterocycles. The van der Waals surface area contributed by atoms with Gasteiger partial charge in [0.1, 0.15) is 0 Å². The maximum absolute atomic E-state index is 12.4. The minimum absolute atomic E-state index is 0.332. The van der Waals surface area contributed by atoms with Crippen molar-refractivity contribution in [1.82, 2.24) is 4.90 Å². The van der Waals surface area contributed by atoms with Gasteiger partial charge in [0, 0.05) is 19.5 Å². The van der Waals surface area contributed by atoms with Gasteiger partial charge in [0.05, 0.1) is 0 Å². The summed E-state index contributed by atoms with van der Waals surface area (Å²) >= 11 is 0. The van der Waals surface area contributed by atoms with Crippen LogP contribution in [0.5, 0.6) is 0 Å². The Morgan fingerprint density at radius 2 is 1.74 bits per heavy atom. The van der Waals surface area contributed by atoms with Crippen LogP contribution >= 0.6 is 0 Å². The van der Waals surface area contributed by atoms with E-state index in [1.807, 2.05) is 0 Å². The molecule has 0 radical (unpaired) electrons. The summed E-state index contributed by atoms with van der Waals surface area (Å²) in [5.41, 5.74) is 3.83. The molecule has 0 bridgehead atoms. The van der Waals surface area contributed by atoms with Gasteiger partial charge in [0.25, 0.3) is 0 Å². The molecule has 4 fully saturated rings. The summed E-state index contributed by atoms with van der Waals surface area (Å²) < 4.78 is 0. The van der Waals surface area contributed by atoms with Crippen molar-refractivity contribution in [3.8, 4) is 0 Å². The molecule has 1 amide bonds. The van der Waals surface area contributed by atoms with E-state index in [4.69, 9.17) is 0 Å². The number of carbonyl (C=O) groups excluding carboxylic acids is 1. The number of allylic oxidation sites excluding steroid dienone is 1. The predicted molar refractivity (Wildman–Crippen MR) is 128 cm³/mol. The molecule has 31 heavy (non-hydrogen) atoms. The first-order chi connectivity index (χ1) is 14.9. The number of piperidine rings is 1. The molecule has 2 heteroatoms. The molecule has 2 nitrogen and oxygen atoms in total. The van der Waals surface area contributed by atoms with Crippen LogP contribution in [0.15, 0.2) is 35.9 Å². The Kier molecular flexibility index (Phi) is 5.34. The van der Waals surface area contributed by atoms with Crippen LogP contribution in [-0.2, 0) is 4.79 Å². The third-order valence-corrected chi connectivity index (χ3v) is 10.6. The first-order valence-electron chi connectivity index (χ1n) is 12.9.